The van der Waals surface area contributed by atoms with Gasteiger partial charge >= 0.3 is 0 Å². The number of aryl methyl sites for hydroxylation is 2. The first-order chi connectivity index (χ1) is 13.6. The molecule has 4 aromatic rings. The Bertz CT molecular complexity index is 1310. The highest BCUT2D eigenvalue weighted by molar-refractivity contribution is 5.88. The second-order valence-electron chi connectivity index (χ2n) is 6.42. The second kappa shape index (κ2) is 7.16. The number of fused-ring (bicyclic) bond motifs is 1. The maximum Gasteiger partial charge on any atom is 0.202 e. The van der Waals surface area contributed by atoms with E-state index in [1.807, 2.05) is 14.0 Å². The van der Waals surface area contributed by atoms with E-state index >= 15 is 0 Å². The maximum atomic E-state index is 13.8. The average molecular weight is 372 g/mol. The lowest BCUT2D eigenvalue weighted by Gasteiger charge is -2.10. The van der Waals surface area contributed by atoms with Crippen LogP contribution in [0.15, 0.2) is 64.1 Å². The van der Waals surface area contributed by atoms with E-state index in [9.17, 15) is 9.18 Å². The van der Waals surface area contributed by atoms with Gasteiger partial charge in [-0.1, -0.05) is 37.0 Å². The Balaban J connectivity index is 1.98. The predicted octanol–water partition coefficient (Wildman–Crippen LogP) is 4.29. The number of nitrogens with zero attached hydrogens (tertiary/aromatic N) is 2. The molecule has 0 saturated heterocycles. The quantitative estimate of drug-likeness (QED) is 0.493. The molecule has 28 heavy (non-hydrogen) atoms. The predicted molar refractivity (Wildman–Crippen MR) is 106 cm³/mol. The van der Waals surface area contributed by atoms with Crippen LogP contribution in [0.1, 0.15) is 23.8 Å². The largest absolute Gasteiger partial charge is 0.460 e. The van der Waals surface area contributed by atoms with Crippen LogP contribution < -0.4 is 5.43 Å². The molecule has 2 heterocycles. The molecule has 0 spiro atoms. The van der Waals surface area contributed by atoms with E-state index in [0.29, 0.717) is 39.8 Å². The minimum absolute atomic E-state index is 0.209. The minimum Gasteiger partial charge on any atom is -0.460 e. The van der Waals surface area contributed by atoms with Crippen molar-refractivity contribution in [1.29, 1.82) is 0 Å². The summed E-state index contributed by atoms with van der Waals surface area (Å²) >= 11 is 0. The van der Waals surface area contributed by atoms with E-state index in [1.54, 1.807) is 47.4 Å². The van der Waals surface area contributed by atoms with E-state index < -0.39 is 5.82 Å². The summed E-state index contributed by atoms with van der Waals surface area (Å²) in [6, 6.07) is 11.3. The normalized spacial score (nSPS) is 10.7. The summed E-state index contributed by atoms with van der Waals surface area (Å²) in [5.74, 6) is 6.20. The summed E-state index contributed by atoms with van der Waals surface area (Å²) in [6.45, 7) is 1.90. The SMILES string of the molecule is CCc1oc2cccc(C#Cc3cnn(C)c3)c2c(=O)c1-c1cccc(F)c1. The molecule has 0 aliphatic carbocycles. The summed E-state index contributed by atoms with van der Waals surface area (Å²) in [5, 5.41) is 4.49. The third-order valence-corrected chi connectivity index (χ3v) is 4.47. The molecule has 4 rings (SSSR count). The van der Waals surface area contributed by atoms with E-state index in [4.69, 9.17) is 4.42 Å². The summed E-state index contributed by atoms with van der Waals surface area (Å²) in [6.07, 6.45) is 3.98. The molecule has 0 N–H and O–H groups in total. The first kappa shape index (κ1) is 17.7. The van der Waals surface area contributed by atoms with Crippen molar-refractivity contribution in [3.8, 4) is 23.0 Å². The van der Waals surface area contributed by atoms with Gasteiger partial charge in [0.15, 0.2) is 0 Å². The lowest BCUT2D eigenvalue weighted by atomic mass is 9.99. The van der Waals surface area contributed by atoms with Crippen LogP contribution >= 0.6 is 0 Å². The third-order valence-electron chi connectivity index (χ3n) is 4.47. The smallest absolute Gasteiger partial charge is 0.202 e. The molecule has 0 atom stereocenters. The summed E-state index contributed by atoms with van der Waals surface area (Å²) < 4.78 is 21.4. The van der Waals surface area contributed by atoms with Gasteiger partial charge in [-0.15, -0.1) is 0 Å². The first-order valence-corrected chi connectivity index (χ1v) is 8.92. The van der Waals surface area contributed by atoms with E-state index in [-0.39, 0.29) is 5.43 Å². The number of hydrogen-bond acceptors (Lipinski definition) is 3. The van der Waals surface area contributed by atoms with Gasteiger partial charge in [-0.25, -0.2) is 4.39 Å². The van der Waals surface area contributed by atoms with Crippen LogP contribution in [0, 0.1) is 17.7 Å². The van der Waals surface area contributed by atoms with Gasteiger partial charge in [-0.2, -0.15) is 5.10 Å². The number of halogens is 1. The van der Waals surface area contributed by atoms with Crippen molar-refractivity contribution in [3.63, 3.8) is 0 Å². The van der Waals surface area contributed by atoms with Gasteiger partial charge in [-0.05, 0) is 29.8 Å². The molecule has 4 nitrogen and oxygen atoms in total. The summed E-state index contributed by atoms with van der Waals surface area (Å²) in [4.78, 5) is 13.4. The molecule has 0 bridgehead atoms. The Kier molecular flexibility index (Phi) is 4.54. The van der Waals surface area contributed by atoms with Crippen molar-refractivity contribution in [1.82, 2.24) is 9.78 Å². The van der Waals surface area contributed by atoms with Crippen LogP contribution in [0.3, 0.4) is 0 Å². The van der Waals surface area contributed by atoms with E-state index in [0.717, 1.165) is 5.56 Å². The van der Waals surface area contributed by atoms with Crippen LogP contribution in [-0.2, 0) is 13.5 Å². The Morgan fingerprint density at radius 3 is 2.71 bits per heavy atom. The molecule has 0 aliphatic rings. The fourth-order valence-electron chi connectivity index (χ4n) is 3.20. The molecular weight excluding hydrogens is 355 g/mol. The number of aromatic nitrogens is 2. The molecule has 0 aliphatic heterocycles. The molecule has 5 heteroatoms. The average Bonchev–Trinajstić information content (AvgIpc) is 3.11. The van der Waals surface area contributed by atoms with E-state index in [1.165, 1.54) is 12.1 Å². The molecule has 0 fully saturated rings. The topological polar surface area (TPSA) is 48.0 Å². The summed E-state index contributed by atoms with van der Waals surface area (Å²) in [7, 11) is 1.81. The van der Waals surface area contributed by atoms with Gasteiger partial charge in [0.1, 0.15) is 17.2 Å². The lowest BCUT2D eigenvalue weighted by molar-refractivity contribution is 0.546. The monoisotopic (exact) mass is 372 g/mol. The Morgan fingerprint density at radius 1 is 1.18 bits per heavy atom. The molecule has 0 saturated carbocycles. The van der Waals surface area contributed by atoms with E-state index in [2.05, 4.69) is 16.9 Å². The van der Waals surface area contributed by atoms with Gasteiger partial charge < -0.3 is 4.42 Å². The van der Waals surface area contributed by atoms with Crippen LogP contribution in [0.5, 0.6) is 0 Å². The molecular formula is C23H17FN2O2. The molecule has 0 amide bonds. The highest BCUT2D eigenvalue weighted by Crippen LogP contribution is 2.27. The molecule has 0 radical (unpaired) electrons. The third kappa shape index (κ3) is 3.21. The van der Waals surface area contributed by atoms with Gasteiger partial charge in [0.05, 0.1) is 22.7 Å². The number of benzene rings is 2. The van der Waals surface area contributed by atoms with Crippen molar-refractivity contribution in [2.45, 2.75) is 13.3 Å². The van der Waals surface area contributed by atoms with Gasteiger partial charge in [0, 0.05) is 25.2 Å². The van der Waals surface area contributed by atoms with Crippen LogP contribution in [0.25, 0.3) is 22.1 Å². The second-order valence-corrected chi connectivity index (χ2v) is 6.42. The van der Waals surface area contributed by atoms with Crippen molar-refractivity contribution < 1.29 is 8.81 Å². The van der Waals surface area contributed by atoms with Crippen molar-refractivity contribution in [2.24, 2.45) is 7.05 Å². The molecule has 138 valence electrons. The highest BCUT2D eigenvalue weighted by atomic mass is 19.1. The molecule has 0 unspecified atom stereocenters. The lowest BCUT2D eigenvalue weighted by Crippen LogP contribution is -2.10. The minimum atomic E-state index is -0.399. The van der Waals surface area contributed by atoms with Crippen molar-refractivity contribution in [3.05, 3.63) is 87.8 Å². The zero-order chi connectivity index (χ0) is 19.7. The standard InChI is InChI=1S/C23H17FN2O2/c1-3-19-22(17-7-4-8-18(24)12-17)23(27)21-16(6-5-9-20(21)28-19)11-10-15-13-25-26(2)14-15/h4-9,12-14H,3H2,1-2H3. The van der Waals surface area contributed by atoms with Crippen LogP contribution in [0.2, 0.25) is 0 Å². The molecule has 2 aromatic carbocycles. The molecule has 2 aromatic heterocycles. The van der Waals surface area contributed by atoms with Gasteiger partial charge in [0.2, 0.25) is 5.43 Å². The number of rotatable bonds is 2. The summed E-state index contributed by atoms with van der Waals surface area (Å²) in [5.41, 5.74) is 2.46. The first-order valence-electron chi connectivity index (χ1n) is 8.92. The van der Waals surface area contributed by atoms with Crippen molar-refractivity contribution in [2.75, 3.05) is 0 Å². The van der Waals surface area contributed by atoms with Crippen molar-refractivity contribution >= 4 is 11.0 Å². The zero-order valence-electron chi connectivity index (χ0n) is 15.5. The number of hydrogen-bond donors (Lipinski definition) is 0. The fourth-order valence-corrected chi connectivity index (χ4v) is 3.20. The highest BCUT2D eigenvalue weighted by Gasteiger charge is 2.17. The van der Waals surface area contributed by atoms with Gasteiger partial charge in [-0.3, -0.25) is 9.48 Å². The maximum absolute atomic E-state index is 13.8. The van der Waals surface area contributed by atoms with Crippen LogP contribution in [-0.4, -0.2) is 9.78 Å². The Morgan fingerprint density at radius 2 is 2.00 bits per heavy atom. The fraction of sp³-hybridized carbons (Fsp3) is 0.130. The van der Waals surface area contributed by atoms with Gasteiger partial charge in [0.25, 0.3) is 0 Å². The Labute approximate surface area is 161 Å². The zero-order valence-corrected chi connectivity index (χ0v) is 15.5. The Hall–Kier alpha value is -3.65. The van der Waals surface area contributed by atoms with Crippen LogP contribution in [0.4, 0.5) is 4.39 Å².